The first-order valence-corrected chi connectivity index (χ1v) is 6.89. The first-order chi connectivity index (χ1) is 8.57. The number of nitrogens with one attached hydrogen (secondary N) is 2. The molecular weight excluding hydrogens is 230 g/mol. The molecule has 2 amide bonds. The summed E-state index contributed by atoms with van der Waals surface area (Å²) in [6.07, 6.45) is 3.71. The molecule has 2 atom stereocenters. The van der Waals surface area contributed by atoms with Crippen molar-refractivity contribution in [1.29, 1.82) is 0 Å². The summed E-state index contributed by atoms with van der Waals surface area (Å²) in [5, 5.41) is 6.27. The number of rotatable bonds is 3. The lowest BCUT2D eigenvalue weighted by Gasteiger charge is -2.31. The number of amides is 2. The van der Waals surface area contributed by atoms with E-state index in [2.05, 4.69) is 17.6 Å². The van der Waals surface area contributed by atoms with Crippen LogP contribution in [0.4, 0.5) is 0 Å². The predicted molar refractivity (Wildman–Crippen MR) is 69.1 cm³/mol. The van der Waals surface area contributed by atoms with E-state index in [1.807, 2.05) is 4.90 Å². The van der Waals surface area contributed by atoms with E-state index in [1.54, 1.807) is 0 Å². The molecule has 0 aromatic rings. The zero-order valence-electron chi connectivity index (χ0n) is 11.3. The number of hydrogen-bond donors (Lipinski definition) is 2. The maximum Gasteiger partial charge on any atom is 0.242 e. The topological polar surface area (TPSA) is 61.4 Å². The summed E-state index contributed by atoms with van der Waals surface area (Å²) in [6.45, 7) is 5.94. The van der Waals surface area contributed by atoms with Crippen LogP contribution < -0.4 is 10.6 Å². The van der Waals surface area contributed by atoms with Gasteiger partial charge in [0.1, 0.15) is 0 Å². The minimum Gasteiger partial charge on any atom is -0.352 e. The van der Waals surface area contributed by atoms with Gasteiger partial charge < -0.3 is 15.5 Å². The zero-order valence-corrected chi connectivity index (χ0v) is 11.3. The van der Waals surface area contributed by atoms with E-state index in [0.717, 1.165) is 38.8 Å². The van der Waals surface area contributed by atoms with Crippen molar-refractivity contribution >= 4 is 11.8 Å². The van der Waals surface area contributed by atoms with Crippen LogP contribution in [-0.2, 0) is 9.59 Å². The molecule has 2 N–H and O–H groups in total. The number of likely N-dealkylation sites (tertiary alicyclic amines) is 1. The van der Waals surface area contributed by atoms with E-state index in [-0.39, 0.29) is 23.4 Å². The average Bonchev–Trinajstić information content (AvgIpc) is 2.96. The van der Waals surface area contributed by atoms with E-state index in [1.165, 1.54) is 6.92 Å². The molecule has 2 aliphatic heterocycles. The Hall–Kier alpha value is -1.10. The summed E-state index contributed by atoms with van der Waals surface area (Å²) < 4.78 is 0. The Morgan fingerprint density at radius 1 is 1.50 bits per heavy atom. The van der Waals surface area contributed by atoms with Crippen molar-refractivity contribution in [2.24, 2.45) is 0 Å². The highest BCUT2D eigenvalue weighted by Crippen LogP contribution is 2.27. The SMILES string of the molecule is CCC1(C(=O)N2CCC(NC(C)=O)C2)CCCN1. The second-order valence-corrected chi connectivity index (χ2v) is 5.40. The molecule has 18 heavy (non-hydrogen) atoms. The summed E-state index contributed by atoms with van der Waals surface area (Å²) in [4.78, 5) is 25.5. The minimum atomic E-state index is -0.342. The molecule has 0 aromatic carbocycles. The van der Waals surface area contributed by atoms with Gasteiger partial charge in [-0.1, -0.05) is 6.92 Å². The Bertz CT molecular complexity index is 337. The Morgan fingerprint density at radius 3 is 2.83 bits per heavy atom. The molecule has 5 nitrogen and oxygen atoms in total. The van der Waals surface area contributed by atoms with Crippen molar-refractivity contribution in [1.82, 2.24) is 15.5 Å². The van der Waals surface area contributed by atoms with Gasteiger partial charge in [0.25, 0.3) is 0 Å². The van der Waals surface area contributed by atoms with Crippen molar-refractivity contribution in [2.75, 3.05) is 19.6 Å². The third-order valence-corrected chi connectivity index (χ3v) is 4.14. The van der Waals surface area contributed by atoms with Gasteiger partial charge in [0.05, 0.1) is 5.54 Å². The van der Waals surface area contributed by atoms with Crippen LogP contribution in [-0.4, -0.2) is 47.9 Å². The number of hydrogen-bond acceptors (Lipinski definition) is 3. The molecule has 2 unspecified atom stereocenters. The second-order valence-electron chi connectivity index (χ2n) is 5.40. The van der Waals surface area contributed by atoms with Crippen molar-refractivity contribution in [3.63, 3.8) is 0 Å². The van der Waals surface area contributed by atoms with E-state index < -0.39 is 0 Å². The first-order valence-electron chi connectivity index (χ1n) is 6.89. The van der Waals surface area contributed by atoms with Crippen molar-refractivity contribution < 1.29 is 9.59 Å². The molecule has 0 aliphatic carbocycles. The van der Waals surface area contributed by atoms with Crippen LogP contribution in [0, 0.1) is 0 Å². The molecule has 2 aliphatic rings. The summed E-state index contributed by atoms with van der Waals surface area (Å²) in [5.74, 6) is 0.203. The average molecular weight is 253 g/mol. The van der Waals surface area contributed by atoms with Crippen LogP contribution in [0.25, 0.3) is 0 Å². The Morgan fingerprint density at radius 2 is 2.28 bits per heavy atom. The lowest BCUT2D eigenvalue weighted by atomic mass is 9.92. The lowest BCUT2D eigenvalue weighted by Crippen LogP contribution is -2.54. The van der Waals surface area contributed by atoms with Crippen molar-refractivity contribution in [2.45, 2.75) is 51.1 Å². The molecule has 2 heterocycles. The Balaban J connectivity index is 1.96. The summed E-state index contributed by atoms with van der Waals surface area (Å²) >= 11 is 0. The molecule has 0 spiro atoms. The summed E-state index contributed by atoms with van der Waals surface area (Å²) in [5.41, 5.74) is -0.342. The predicted octanol–water partition coefficient (Wildman–Crippen LogP) is 0.256. The summed E-state index contributed by atoms with van der Waals surface area (Å²) in [6, 6.07) is 0.127. The highest BCUT2D eigenvalue weighted by molar-refractivity contribution is 5.87. The third-order valence-electron chi connectivity index (χ3n) is 4.14. The molecule has 102 valence electrons. The maximum atomic E-state index is 12.6. The number of nitrogens with zero attached hydrogens (tertiary/aromatic N) is 1. The second kappa shape index (κ2) is 5.26. The smallest absolute Gasteiger partial charge is 0.242 e. The van der Waals surface area contributed by atoms with Gasteiger partial charge in [-0.3, -0.25) is 9.59 Å². The molecule has 0 radical (unpaired) electrons. The summed E-state index contributed by atoms with van der Waals surface area (Å²) in [7, 11) is 0. The molecule has 2 rings (SSSR count). The molecule has 0 aromatic heterocycles. The van der Waals surface area contributed by atoms with E-state index >= 15 is 0 Å². The van der Waals surface area contributed by atoms with Gasteiger partial charge >= 0.3 is 0 Å². The third kappa shape index (κ3) is 2.51. The largest absolute Gasteiger partial charge is 0.352 e. The molecule has 0 bridgehead atoms. The zero-order chi connectivity index (χ0) is 13.2. The molecule has 2 saturated heterocycles. The molecule has 5 heteroatoms. The number of carbonyl (C=O) groups excluding carboxylic acids is 2. The number of carbonyl (C=O) groups is 2. The van der Waals surface area contributed by atoms with E-state index in [4.69, 9.17) is 0 Å². The van der Waals surface area contributed by atoms with Gasteiger partial charge in [0.15, 0.2) is 0 Å². The van der Waals surface area contributed by atoms with Gasteiger partial charge in [-0.05, 0) is 32.2 Å². The highest BCUT2D eigenvalue weighted by Gasteiger charge is 2.43. The van der Waals surface area contributed by atoms with Gasteiger partial charge in [0.2, 0.25) is 11.8 Å². The van der Waals surface area contributed by atoms with Crippen LogP contribution in [0.5, 0.6) is 0 Å². The van der Waals surface area contributed by atoms with Crippen LogP contribution >= 0.6 is 0 Å². The van der Waals surface area contributed by atoms with Gasteiger partial charge in [0, 0.05) is 26.1 Å². The van der Waals surface area contributed by atoms with Gasteiger partial charge in [-0.25, -0.2) is 0 Å². The highest BCUT2D eigenvalue weighted by atomic mass is 16.2. The van der Waals surface area contributed by atoms with Gasteiger partial charge in [-0.15, -0.1) is 0 Å². The molecule has 0 saturated carbocycles. The maximum absolute atomic E-state index is 12.6. The molecule has 2 fully saturated rings. The Labute approximate surface area is 108 Å². The minimum absolute atomic E-state index is 0.0153. The standard InChI is InChI=1S/C13H23N3O2/c1-3-13(6-4-7-14-13)12(18)16-8-5-11(9-16)15-10(2)17/h11,14H,3-9H2,1-2H3,(H,15,17). The first kappa shape index (κ1) is 13.3. The van der Waals surface area contributed by atoms with Crippen LogP contribution in [0.1, 0.15) is 39.5 Å². The van der Waals surface area contributed by atoms with E-state index in [0.29, 0.717) is 6.54 Å². The van der Waals surface area contributed by atoms with Gasteiger partial charge in [-0.2, -0.15) is 0 Å². The fourth-order valence-electron chi connectivity index (χ4n) is 3.09. The monoisotopic (exact) mass is 253 g/mol. The normalized spacial score (nSPS) is 31.7. The van der Waals surface area contributed by atoms with Crippen LogP contribution in [0.15, 0.2) is 0 Å². The fourth-order valence-corrected chi connectivity index (χ4v) is 3.09. The quantitative estimate of drug-likeness (QED) is 0.758. The van der Waals surface area contributed by atoms with Crippen molar-refractivity contribution in [3.05, 3.63) is 0 Å². The van der Waals surface area contributed by atoms with E-state index in [9.17, 15) is 9.59 Å². The molecular formula is C13H23N3O2. The fraction of sp³-hybridized carbons (Fsp3) is 0.846. The van der Waals surface area contributed by atoms with Crippen LogP contribution in [0.2, 0.25) is 0 Å². The van der Waals surface area contributed by atoms with Crippen molar-refractivity contribution in [3.8, 4) is 0 Å². The van der Waals surface area contributed by atoms with Crippen LogP contribution in [0.3, 0.4) is 0 Å². The lowest BCUT2D eigenvalue weighted by molar-refractivity contribution is -0.137. The Kier molecular flexibility index (Phi) is 3.90.